The molecule has 0 radical (unpaired) electrons. The number of benzene rings is 1. The molecule has 1 heterocycles. The van der Waals surface area contributed by atoms with Crippen molar-refractivity contribution in [3.8, 4) is 0 Å². The average Bonchev–Trinajstić information content (AvgIpc) is 3.24. The third kappa shape index (κ3) is 8.93. The van der Waals surface area contributed by atoms with Gasteiger partial charge in [0.1, 0.15) is 5.69 Å². The number of carboxylic acids is 1. The third-order valence-electron chi connectivity index (χ3n) is 5.37. The van der Waals surface area contributed by atoms with Gasteiger partial charge in [-0.05, 0) is 30.7 Å². The maximum atomic E-state index is 12.3. The smallest absolute Gasteiger partial charge is 0.328 e. The molecule has 1 aromatic carbocycles. The van der Waals surface area contributed by atoms with E-state index in [1.165, 1.54) is 67.2 Å². The molecule has 1 unspecified atom stereocenters. The molecule has 0 spiro atoms. The lowest BCUT2D eigenvalue weighted by Crippen LogP contribution is -2.23. The van der Waals surface area contributed by atoms with Crippen LogP contribution in [0.5, 0.6) is 0 Å². The second-order valence-corrected chi connectivity index (χ2v) is 9.62. The fraction of sp³-hybridized carbons (Fsp3) is 0.545. The number of nitrogens with one attached hydrogen (secondary N) is 1. The fourth-order valence-electron chi connectivity index (χ4n) is 3.46. The first-order chi connectivity index (χ1) is 15.7. The van der Waals surface area contributed by atoms with Crippen molar-refractivity contribution in [3.63, 3.8) is 0 Å². The van der Waals surface area contributed by atoms with Crippen LogP contribution in [0.25, 0.3) is 0 Å². The molecule has 0 fully saturated rings. The second-order valence-electron chi connectivity index (χ2n) is 8.06. The maximum Gasteiger partial charge on any atom is 0.328 e. The van der Waals surface area contributed by atoms with Gasteiger partial charge in [-0.1, -0.05) is 63.5 Å². The number of primary sulfonamides is 1. The number of amides is 1. The predicted molar refractivity (Wildman–Crippen MR) is 123 cm³/mol. The van der Waals surface area contributed by atoms with Gasteiger partial charge in [-0.15, -0.1) is 5.10 Å². The zero-order chi connectivity index (χ0) is 24.3. The molecule has 0 bridgehead atoms. The van der Waals surface area contributed by atoms with Crippen LogP contribution in [0.4, 0.5) is 0 Å². The van der Waals surface area contributed by atoms with E-state index in [0.29, 0.717) is 12.1 Å². The van der Waals surface area contributed by atoms with Crippen LogP contribution in [-0.4, -0.2) is 40.4 Å². The molecule has 2 aromatic rings. The first kappa shape index (κ1) is 26.5. The van der Waals surface area contributed by atoms with Crippen molar-refractivity contribution < 1.29 is 23.1 Å². The first-order valence-corrected chi connectivity index (χ1v) is 12.8. The molecule has 0 saturated carbocycles. The Labute approximate surface area is 194 Å². The van der Waals surface area contributed by atoms with Gasteiger partial charge in [0.2, 0.25) is 10.0 Å². The van der Waals surface area contributed by atoms with Crippen molar-refractivity contribution in [1.29, 1.82) is 0 Å². The number of hydrogen-bond acceptors (Lipinski definition) is 6. The van der Waals surface area contributed by atoms with E-state index < -0.39 is 27.9 Å². The molecule has 1 atom stereocenters. The minimum Gasteiger partial charge on any atom is -0.480 e. The van der Waals surface area contributed by atoms with Gasteiger partial charge < -0.3 is 10.4 Å². The summed E-state index contributed by atoms with van der Waals surface area (Å²) in [5.74, 6) is -1.40. The van der Waals surface area contributed by atoms with Crippen LogP contribution in [0.1, 0.15) is 86.8 Å². The molecule has 0 saturated heterocycles. The monoisotopic (exact) mass is 479 g/mol. The summed E-state index contributed by atoms with van der Waals surface area (Å²) in [5, 5.41) is 25.2. The maximum absolute atomic E-state index is 12.3. The minimum atomic E-state index is -3.83. The van der Waals surface area contributed by atoms with E-state index in [2.05, 4.69) is 22.6 Å². The molecule has 182 valence electrons. The van der Waals surface area contributed by atoms with Crippen molar-refractivity contribution in [1.82, 2.24) is 20.3 Å². The molecule has 1 amide bonds. The summed E-state index contributed by atoms with van der Waals surface area (Å²) in [5.41, 5.74) is 0.680. The Kier molecular flexibility index (Phi) is 10.5. The van der Waals surface area contributed by atoms with Crippen LogP contribution in [0, 0.1) is 0 Å². The molecule has 2 rings (SSSR count). The number of hydrogen-bond donors (Lipinski definition) is 3. The second kappa shape index (κ2) is 13.0. The Balaban J connectivity index is 1.82. The quantitative estimate of drug-likeness (QED) is 0.331. The normalized spacial score (nSPS) is 12.4. The van der Waals surface area contributed by atoms with Gasteiger partial charge in [0.15, 0.2) is 6.04 Å². The lowest BCUT2D eigenvalue weighted by molar-refractivity contribution is -0.141. The highest BCUT2D eigenvalue weighted by molar-refractivity contribution is 7.89. The van der Waals surface area contributed by atoms with Crippen LogP contribution < -0.4 is 10.5 Å². The number of carboxylic acid groups (broad SMARTS) is 1. The molecule has 11 heteroatoms. The Hall–Kier alpha value is -2.79. The van der Waals surface area contributed by atoms with Crippen molar-refractivity contribution in [2.24, 2.45) is 5.14 Å². The number of nitrogens with zero attached hydrogens (tertiary/aromatic N) is 3. The van der Waals surface area contributed by atoms with Crippen molar-refractivity contribution in [2.45, 2.75) is 82.2 Å². The predicted octanol–water partition coefficient (Wildman–Crippen LogP) is 3.01. The van der Waals surface area contributed by atoms with E-state index in [1.807, 2.05) is 0 Å². The number of nitrogens with two attached hydrogens (primary N) is 1. The third-order valence-corrected chi connectivity index (χ3v) is 6.30. The van der Waals surface area contributed by atoms with Gasteiger partial charge in [-0.2, -0.15) is 0 Å². The number of carbonyl (C=O) groups excluding carboxylic acids is 1. The number of rotatable bonds is 15. The first-order valence-electron chi connectivity index (χ1n) is 11.3. The summed E-state index contributed by atoms with van der Waals surface area (Å²) in [4.78, 5) is 23.9. The highest BCUT2D eigenvalue weighted by atomic mass is 32.2. The lowest BCUT2D eigenvalue weighted by Gasteiger charge is -2.11. The zero-order valence-electron chi connectivity index (χ0n) is 18.9. The van der Waals surface area contributed by atoms with Gasteiger partial charge in [0.25, 0.3) is 5.91 Å². The number of aromatic nitrogens is 3. The summed E-state index contributed by atoms with van der Waals surface area (Å²) in [6.45, 7) is 2.24. The molecule has 0 aliphatic rings. The molecule has 4 N–H and O–H groups in total. The SMILES string of the molecule is CCCCCCCCCCC(C(=O)O)n1cc(CNC(=O)c2ccc(S(N)(=O)=O)cc2)nn1. The average molecular weight is 480 g/mol. The summed E-state index contributed by atoms with van der Waals surface area (Å²) in [6.07, 6.45) is 11.0. The van der Waals surface area contributed by atoms with Gasteiger partial charge in [0.05, 0.1) is 17.6 Å². The van der Waals surface area contributed by atoms with Crippen molar-refractivity contribution in [3.05, 3.63) is 41.7 Å². The van der Waals surface area contributed by atoms with Crippen LogP contribution in [0.15, 0.2) is 35.4 Å². The summed E-state index contributed by atoms with van der Waals surface area (Å²) in [7, 11) is -3.83. The molecular weight excluding hydrogens is 446 g/mol. The van der Waals surface area contributed by atoms with Gasteiger partial charge >= 0.3 is 5.97 Å². The topological polar surface area (TPSA) is 157 Å². The highest BCUT2D eigenvalue weighted by Crippen LogP contribution is 2.17. The Bertz CT molecular complexity index is 1000. The highest BCUT2D eigenvalue weighted by Gasteiger charge is 2.21. The fourth-order valence-corrected chi connectivity index (χ4v) is 3.97. The van der Waals surface area contributed by atoms with E-state index in [0.717, 1.165) is 19.3 Å². The van der Waals surface area contributed by atoms with Gasteiger partial charge in [0, 0.05) is 5.56 Å². The van der Waals surface area contributed by atoms with E-state index in [-0.39, 0.29) is 17.0 Å². The lowest BCUT2D eigenvalue weighted by atomic mass is 10.0. The summed E-state index contributed by atoms with van der Waals surface area (Å²) in [6, 6.07) is 4.42. The molecule has 0 aliphatic carbocycles. The minimum absolute atomic E-state index is 0.0554. The molecular formula is C22H33N5O5S. The number of unbranched alkanes of at least 4 members (excludes halogenated alkanes) is 7. The van der Waals surface area contributed by atoms with Crippen molar-refractivity contribution >= 4 is 21.9 Å². The Morgan fingerprint density at radius 2 is 1.67 bits per heavy atom. The molecule has 10 nitrogen and oxygen atoms in total. The van der Waals surface area contributed by atoms with Crippen LogP contribution in [0.3, 0.4) is 0 Å². The molecule has 33 heavy (non-hydrogen) atoms. The van der Waals surface area contributed by atoms with E-state index >= 15 is 0 Å². The van der Waals surface area contributed by atoms with E-state index in [4.69, 9.17) is 5.14 Å². The largest absolute Gasteiger partial charge is 0.480 e. The summed E-state index contributed by atoms with van der Waals surface area (Å²) >= 11 is 0. The van der Waals surface area contributed by atoms with Crippen LogP contribution in [-0.2, 0) is 21.4 Å². The number of carbonyl (C=O) groups is 2. The van der Waals surface area contributed by atoms with Crippen molar-refractivity contribution in [2.75, 3.05) is 0 Å². The number of sulfonamides is 1. The van der Waals surface area contributed by atoms with E-state index in [1.54, 1.807) is 0 Å². The molecule has 0 aliphatic heterocycles. The van der Waals surface area contributed by atoms with Gasteiger partial charge in [-0.3, -0.25) is 4.79 Å². The number of aliphatic carboxylic acids is 1. The zero-order valence-corrected chi connectivity index (χ0v) is 19.8. The van der Waals surface area contributed by atoms with Gasteiger partial charge in [-0.25, -0.2) is 23.0 Å². The van der Waals surface area contributed by atoms with Crippen LogP contribution in [0.2, 0.25) is 0 Å². The Morgan fingerprint density at radius 1 is 1.06 bits per heavy atom. The Morgan fingerprint density at radius 3 is 2.24 bits per heavy atom. The standard InChI is InChI=1S/C22H33N5O5S/c1-2-3-4-5-6-7-8-9-10-20(22(29)30)27-16-18(25-26-27)15-24-21(28)17-11-13-19(14-12-17)33(23,31)32/h11-14,16,20H,2-10,15H2,1H3,(H,24,28)(H,29,30)(H2,23,31,32). The van der Waals surface area contributed by atoms with E-state index in [9.17, 15) is 23.1 Å². The molecule has 1 aromatic heterocycles. The van der Waals surface area contributed by atoms with Crippen LogP contribution >= 0.6 is 0 Å². The summed E-state index contributed by atoms with van der Waals surface area (Å²) < 4.78 is 23.9.